The van der Waals surface area contributed by atoms with E-state index in [2.05, 4.69) is 60.7 Å². The van der Waals surface area contributed by atoms with E-state index in [0.29, 0.717) is 25.4 Å². The van der Waals surface area contributed by atoms with Crippen LogP contribution in [0.3, 0.4) is 0 Å². The van der Waals surface area contributed by atoms with E-state index in [1.54, 1.807) is 0 Å². The van der Waals surface area contributed by atoms with Gasteiger partial charge in [-0.05, 0) is 17.4 Å². The Balaban J connectivity index is 1.29. The number of carbonyl (C=O) groups is 2. The number of nitrogens with zero attached hydrogens (tertiary/aromatic N) is 4. The fourth-order valence-electron chi connectivity index (χ4n) is 3.90. The van der Waals surface area contributed by atoms with Crippen LogP contribution in [0.15, 0.2) is 30.5 Å². The second kappa shape index (κ2) is 8.08. The van der Waals surface area contributed by atoms with Gasteiger partial charge in [-0.3, -0.25) is 4.79 Å². The summed E-state index contributed by atoms with van der Waals surface area (Å²) in [6.07, 6.45) is 2.47. The number of hydrogen-bond donors (Lipinski definition) is 1. The number of amides is 2. The first-order valence-corrected chi connectivity index (χ1v) is 10.5. The van der Waals surface area contributed by atoms with Crippen LogP contribution in [0.2, 0.25) is 0 Å². The summed E-state index contributed by atoms with van der Waals surface area (Å²) in [7, 11) is 0. The van der Waals surface area contributed by atoms with Crippen molar-refractivity contribution in [2.45, 2.75) is 52.1 Å². The summed E-state index contributed by atoms with van der Waals surface area (Å²) in [4.78, 5) is 25.3. The molecule has 0 saturated carbocycles. The van der Waals surface area contributed by atoms with Gasteiger partial charge in [-0.1, -0.05) is 50.3 Å². The van der Waals surface area contributed by atoms with Gasteiger partial charge in [0, 0.05) is 37.5 Å². The number of cyclic esters (lactones) is 1. The molecule has 2 fully saturated rings. The fourth-order valence-corrected chi connectivity index (χ4v) is 3.90. The minimum Gasteiger partial charge on any atom is -0.447 e. The van der Waals surface area contributed by atoms with E-state index in [9.17, 15) is 9.59 Å². The van der Waals surface area contributed by atoms with Crippen LogP contribution in [0.4, 0.5) is 4.79 Å². The van der Waals surface area contributed by atoms with Crippen molar-refractivity contribution >= 4 is 12.0 Å². The zero-order chi connectivity index (χ0) is 21.3. The molecule has 2 aliphatic rings. The first-order chi connectivity index (χ1) is 14.3. The Morgan fingerprint density at radius 2 is 1.97 bits per heavy atom. The van der Waals surface area contributed by atoms with E-state index in [0.717, 1.165) is 30.9 Å². The summed E-state index contributed by atoms with van der Waals surface area (Å²) in [6.45, 7) is 9.20. The summed E-state index contributed by atoms with van der Waals surface area (Å²) >= 11 is 0. The largest absolute Gasteiger partial charge is 0.447 e. The molecule has 8 heteroatoms. The maximum atomic E-state index is 12.4. The van der Waals surface area contributed by atoms with Gasteiger partial charge in [-0.15, -0.1) is 5.10 Å². The molecule has 30 heavy (non-hydrogen) atoms. The molecule has 160 valence electrons. The molecule has 1 atom stereocenters. The summed E-state index contributed by atoms with van der Waals surface area (Å²) in [5, 5.41) is 11.0. The van der Waals surface area contributed by atoms with E-state index in [1.807, 2.05) is 15.8 Å². The molecule has 4 rings (SSSR count). The number of alkyl carbamates (subject to hydrolysis) is 1. The maximum Gasteiger partial charge on any atom is 0.407 e. The molecular formula is C22H29N5O3. The van der Waals surface area contributed by atoms with E-state index in [4.69, 9.17) is 4.74 Å². The Kier molecular flexibility index (Phi) is 5.49. The second-order valence-corrected chi connectivity index (χ2v) is 9.43. The lowest BCUT2D eigenvalue weighted by Gasteiger charge is -2.40. The van der Waals surface area contributed by atoms with Crippen molar-refractivity contribution < 1.29 is 14.3 Å². The highest BCUT2D eigenvalue weighted by atomic mass is 16.6. The van der Waals surface area contributed by atoms with Crippen molar-refractivity contribution in [3.05, 3.63) is 36.0 Å². The molecular weight excluding hydrogens is 382 g/mol. The van der Waals surface area contributed by atoms with E-state index in [1.165, 1.54) is 5.56 Å². The quantitative estimate of drug-likeness (QED) is 0.790. The van der Waals surface area contributed by atoms with Gasteiger partial charge < -0.3 is 15.0 Å². The summed E-state index contributed by atoms with van der Waals surface area (Å²) < 4.78 is 6.81. The van der Waals surface area contributed by atoms with Crippen molar-refractivity contribution in [1.82, 2.24) is 25.2 Å². The van der Waals surface area contributed by atoms with E-state index < -0.39 is 6.09 Å². The zero-order valence-corrected chi connectivity index (χ0v) is 17.8. The Labute approximate surface area is 176 Å². The SMILES string of the molecule is CC(C)(C)Cn1nncc1-c1ccc(C2CN(C(=O)CC[C@@H]3COC(=O)N3)C2)cc1. The molecule has 2 saturated heterocycles. The predicted octanol–water partition coefficient (Wildman–Crippen LogP) is 2.81. The Morgan fingerprint density at radius 1 is 1.23 bits per heavy atom. The average Bonchev–Trinajstić information content (AvgIpc) is 3.27. The highest BCUT2D eigenvalue weighted by molar-refractivity contribution is 5.77. The summed E-state index contributed by atoms with van der Waals surface area (Å²) in [6, 6.07) is 8.46. The maximum absolute atomic E-state index is 12.4. The van der Waals surface area contributed by atoms with Gasteiger partial charge in [0.25, 0.3) is 0 Å². The van der Waals surface area contributed by atoms with Gasteiger partial charge in [-0.25, -0.2) is 9.48 Å². The van der Waals surface area contributed by atoms with E-state index >= 15 is 0 Å². The number of aromatic nitrogens is 3. The number of nitrogens with one attached hydrogen (secondary N) is 1. The Hall–Kier alpha value is -2.90. The third-order valence-corrected chi connectivity index (χ3v) is 5.60. The number of likely N-dealkylation sites (tertiary alicyclic amines) is 1. The standard InChI is InChI=1S/C22H29N5O3/c1-22(2,3)14-27-19(10-23-25-27)16-6-4-15(5-7-16)17-11-26(12-17)20(28)9-8-18-13-30-21(29)24-18/h4-7,10,17-18H,8-9,11-14H2,1-3H3,(H,24,29)/t18-/m1/s1. The predicted molar refractivity (Wildman–Crippen MR) is 112 cm³/mol. The van der Waals surface area contributed by atoms with Crippen LogP contribution in [0, 0.1) is 5.41 Å². The number of hydrogen-bond acceptors (Lipinski definition) is 5. The fraction of sp³-hybridized carbons (Fsp3) is 0.545. The van der Waals surface area contributed by atoms with Crippen molar-refractivity contribution in [2.75, 3.05) is 19.7 Å². The molecule has 2 aromatic rings. The minimum absolute atomic E-state index is 0.0488. The molecule has 2 aliphatic heterocycles. The molecule has 0 aliphatic carbocycles. The van der Waals surface area contributed by atoms with Gasteiger partial charge in [-0.2, -0.15) is 0 Å². The highest BCUT2D eigenvalue weighted by Gasteiger charge is 2.32. The molecule has 1 aromatic heterocycles. The van der Waals surface area contributed by atoms with Crippen LogP contribution in [0.5, 0.6) is 0 Å². The highest BCUT2D eigenvalue weighted by Crippen LogP contribution is 2.30. The van der Waals surface area contributed by atoms with Gasteiger partial charge >= 0.3 is 6.09 Å². The van der Waals surface area contributed by atoms with Crippen LogP contribution < -0.4 is 5.32 Å². The lowest BCUT2D eigenvalue weighted by molar-refractivity contribution is -0.135. The number of carbonyl (C=O) groups excluding carboxylic acids is 2. The molecule has 0 radical (unpaired) electrons. The van der Waals surface area contributed by atoms with Crippen LogP contribution in [0.1, 0.15) is 45.1 Å². The van der Waals surface area contributed by atoms with Crippen molar-refractivity contribution in [3.8, 4) is 11.3 Å². The monoisotopic (exact) mass is 411 g/mol. The lowest BCUT2D eigenvalue weighted by Crippen LogP contribution is -2.48. The molecule has 1 aromatic carbocycles. The molecule has 2 amide bonds. The molecule has 1 N–H and O–H groups in total. The molecule has 0 unspecified atom stereocenters. The van der Waals surface area contributed by atoms with Crippen molar-refractivity contribution in [2.24, 2.45) is 5.41 Å². The topological polar surface area (TPSA) is 89.3 Å². The Morgan fingerprint density at radius 3 is 2.60 bits per heavy atom. The van der Waals surface area contributed by atoms with Crippen molar-refractivity contribution in [3.63, 3.8) is 0 Å². The first kappa shape index (κ1) is 20.4. The van der Waals surface area contributed by atoms with Gasteiger partial charge in [0.15, 0.2) is 0 Å². The molecule has 0 spiro atoms. The average molecular weight is 412 g/mol. The molecule has 3 heterocycles. The van der Waals surface area contributed by atoms with E-state index in [-0.39, 0.29) is 17.4 Å². The van der Waals surface area contributed by atoms with Crippen LogP contribution >= 0.6 is 0 Å². The molecule has 0 bridgehead atoms. The Bertz CT molecular complexity index is 910. The smallest absolute Gasteiger partial charge is 0.407 e. The third-order valence-electron chi connectivity index (χ3n) is 5.60. The summed E-state index contributed by atoms with van der Waals surface area (Å²) in [5.41, 5.74) is 3.49. The third kappa shape index (κ3) is 4.63. The zero-order valence-electron chi connectivity index (χ0n) is 17.8. The van der Waals surface area contributed by atoms with Crippen LogP contribution in [-0.2, 0) is 16.1 Å². The second-order valence-electron chi connectivity index (χ2n) is 9.43. The minimum atomic E-state index is -0.392. The summed E-state index contributed by atoms with van der Waals surface area (Å²) in [5.74, 6) is 0.510. The normalized spacial score (nSPS) is 19.4. The van der Waals surface area contributed by atoms with Crippen LogP contribution in [-0.4, -0.2) is 57.6 Å². The van der Waals surface area contributed by atoms with Gasteiger partial charge in [0.2, 0.25) is 5.91 Å². The first-order valence-electron chi connectivity index (χ1n) is 10.5. The van der Waals surface area contributed by atoms with Gasteiger partial charge in [0.1, 0.15) is 6.61 Å². The lowest BCUT2D eigenvalue weighted by atomic mass is 9.90. The van der Waals surface area contributed by atoms with Crippen LogP contribution in [0.25, 0.3) is 11.3 Å². The number of ether oxygens (including phenoxy) is 1. The number of benzene rings is 1. The van der Waals surface area contributed by atoms with Crippen molar-refractivity contribution in [1.29, 1.82) is 0 Å². The molecule has 8 nitrogen and oxygen atoms in total. The van der Waals surface area contributed by atoms with Gasteiger partial charge in [0.05, 0.1) is 17.9 Å². The number of rotatable bonds is 6.